The first kappa shape index (κ1) is 47.8. The van der Waals surface area contributed by atoms with Crippen LogP contribution in [0.25, 0.3) is 0 Å². The molecular weight excluding hydrogens is 746 g/mol. The number of rotatable bonds is 23. The third-order valence-corrected chi connectivity index (χ3v) is 9.03. The fraction of sp³-hybridized carbons (Fsp3) is 0.676. The summed E-state index contributed by atoms with van der Waals surface area (Å²) in [6, 6.07) is 0.961. The number of aromatic nitrogens is 1. The van der Waals surface area contributed by atoms with Gasteiger partial charge in [-0.15, -0.1) is 0 Å². The number of hydrogen-bond acceptors (Lipinski definition) is 16. The predicted molar refractivity (Wildman–Crippen MR) is 192 cm³/mol. The molecule has 0 spiro atoms. The van der Waals surface area contributed by atoms with E-state index in [4.69, 9.17) is 20.4 Å². The van der Waals surface area contributed by atoms with E-state index in [9.17, 15) is 54.3 Å². The summed E-state index contributed by atoms with van der Waals surface area (Å²) in [7, 11) is 0. The molecule has 1 aliphatic rings. The lowest BCUT2D eigenvalue weighted by Gasteiger charge is -2.37. The maximum atomic E-state index is 12.7. The van der Waals surface area contributed by atoms with E-state index >= 15 is 0 Å². The lowest BCUT2D eigenvalue weighted by atomic mass is 10.1. The van der Waals surface area contributed by atoms with Crippen LogP contribution in [0.15, 0.2) is 18.2 Å². The first-order valence-electron chi connectivity index (χ1n) is 18.1. The summed E-state index contributed by atoms with van der Waals surface area (Å²) in [5.74, 6) is -5.74. The van der Waals surface area contributed by atoms with Crippen molar-refractivity contribution in [1.82, 2.24) is 35.6 Å². The number of carboxylic acid groups (broad SMARTS) is 3. The maximum absolute atomic E-state index is 12.7. The van der Waals surface area contributed by atoms with Crippen molar-refractivity contribution in [2.45, 2.75) is 88.2 Å². The van der Waals surface area contributed by atoms with Gasteiger partial charge in [-0.3, -0.25) is 48.5 Å². The number of aliphatic hydroxyl groups excluding tert-OH is 5. The molecule has 0 radical (unpaired) electrons. The van der Waals surface area contributed by atoms with Gasteiger partial charge in [0.25, 0.3) is 0 Å². The Morgan fingerprint density at radius 1 is 0.571 bits per heavy atom. The van der Waals surface area contributed by atoms with E-state index in [-0.39, 0.29) is 90.9 Å². The molecule has 12 N–H and O–H groups in total. The predicted octanol–water partition coefficient (Wildman–Crippen LogP) is -4.93. The number of hydrogen-bond donors (Lipinski definition) is 12. The topological polar surface area (TPSA) is 343 Å². The number of aliphatic hydroxyl groups is 6. The highest BCUT2D eigenvalue weighted by molar-refractivity contribution is 5.80. The van der Waals surface area contributed by atoms with Gasteiger partial charge in [0.15, 0.2) is 6.29 Å². The number of carboxylic acids is 3. The van der Waals surface area contributed by atoms with Gasteiger partial charge < -0.3 is 61.9 Å². The highest BCUT2D eigenvalue weighted by atomic mass is 16.5. The molecule has 3 amide bonds. The molecular formula is C34H55N7O15. The Labute approximate surface area is 322 Å². The normalized spacial score (nSPS) is 17.3. The molecule has 2 rings (SSSR count). The summed E-state index contributed by atoms with van der Waals surface area (Å²) in [5.41, 5.74) is 0.751. The summed E-state index contributed by atoms with van der Waals surface area (Å²) in [5, 5.41) is 93.4. The molecule has 5 unspecified atom stereocenters. The highest BCUT2D eigenvalue weighted by Gasteiger charge is 2.33. The number of carbonyl (C=O) groups excluding carboxylic acids is 3. The van der Waals surface area contributed by atoms with Gasteiger partial charge >= 0.3 is 17.9 Å². The van der Waals surface area contributed by atoms with E-state index in [0.717, 1.165) is 0 Å². The molecule has 2 bridgehead atoms. The van der Waals surface area contributed by atoms with Crippen LogP contribution < -0.4 is 16.0 Å². The van der Waals surface area contributed by atoms with Crippen LogP contribution in [-0.2, 0) is 41.9 Å². The Morgan fingerprint density at radius 2 is 0.911 bits per heavy atom. The highest BCUT2D eigenvalue weighted by Crippen LogP contribution is 2.19. The minimum absolute atomic E-state index is 0.0872. The first-order valence-corrected chi connectivity index (χ1v) is 18.1. The molecule has 0 aromatic carbocycles. The van der Waals surface area contributed by atoms with Crippen molar-refractivity contribution in [3.63, 3.8) is 0 Å². The summed E-state index contributed by atoms with van der Waals surface area (Å²) in [6.45, 7) is -2.79. The lowest BCUT2D eigenvalue weighted by molar-refractivity contribution is -0.147. The van der Waals surface area contributed by atoms with E-state index in [1.807, 2.05) is 0 Å². The molecule has 0 fully saturated rings. The van der Waals surface area contributed by atoms with Gasteiger partial charge in [-0.05, 0) is 31.4 Å². The molecule has 2 heterocycles. The molecule has 22 heteroatoms. The second-order valence-corrected chi connectivity index (χ2v) is 13.3. The van der Waals surface area contributed by atoms with Crippen molar-refractivity contribution in [3.05, 3.63) is 29.6 Å². The number of nitrogens with zero attached hydrogens (tertiary/aromatic N) is 4. The fourth-order valence-corrected chi connectivity index (χ4v) is 6.00. The molecule has 1 aromatic heterocycles. The van der Waals surface area contributed by atoms with Crippen molar-refractivity contribution < 1.29 is 74.7 Å². The standard InChI is InChI=1S/C34H55N7O15/c42-19-23(44)14-35-28(46)7-4-25(32(51)52)39-10-12-40(26(33(53)54)5-8-29(47)36-15-24(45)20-43)17-21-2-1-3-22(38-21)18-41(13-11-39)27(34(55)56)6-9-30(48)37-16-31(49)50/h1-3,23-27,31,42-45,49-50H,4-20H2,(H,35,46)(H,36,47)(H,37,48)(H,51,52)(H,53,54)(H,55,56). The van der Waals surface area contributed by atoms with E-state index in [2.05, 4.69) is 20.9 Å². The lowest BCUT2D eigenvalue weighted by Crippen LogP contribution is -2.52. The van der Waals surface area contributed by atoms with Gasteiger partial charge in [0.1, 0.15) is 18.1 Å². The Hall–Kier alpha value is -4.39. The number of aliphatic carboxylic acids is 3. The number of amides is 3. The van der Waals surface area contributed by atoms with Crippen molar-refractivity contribution >= 4 is 35.6 Å². The molecule has 1 aliphatic heterocycles. The van der Waals surface area contributed by atoms with E-state index in [1.54, 1.807) is 18.2 Å². The van der Waals surface area contributed by atoms with Crippen molar-refractivity contribution in [3.8, 4) is 0 Å². The Balaban J connectivity index is 2.49. The van der Waals surface area contributed by atoms with Gasteiger partial charge in [-0.2, -0.15) is 0 Å². The zero-order chi connectivity index (χ0) is 41.8. The average Bonchev–Trinajstić information content (AvgIpc) is 3.14. The van der Waals surface area contributed by atoms with Gasteiger partial charge in [0.2, 0.25) is 17.7 Å². The number of carbonyl (C=O) groups is 6. The van der Waals surface area contributed by atoms with E-state index < -0.39 is 92.0 Å². The van der Waals surface area contributed by atoms with Crippen LogP contribution in [0.5, 0.6) is 0 Å². The molecule has 0 aliphatic carbocycles. The molecule has 1 aromatic rings. The van der Waals surface area contributed by atoms with Crippen LogP contribution in [0.1, 0.15) is 49.9 Å². The third-order valence-electron chi connectivity index (χ3n) is 9.03. The third kappa shape index (κ3) is 17.6. The average molecular weight is 802 g/mol. The monoisotopic (exact) mass is 801 g/mol. The summed E-state index contributed by atoms with van der Waals surface area (Å²) >= 11 is 0. The van der Waals surface area contributed by atoms with Crippen LogP contribution in [0.4, 0.5) is 0 Å². The molecule has 56 heavy (non-hydrogen) atoms. The van der Waals surface area contributed by atoms with E-state index in [0.29, 0.717) is 11.4 Å². The van der Waals surface area contributed by atoms with Crippen molar-refractivity contribution in [2.75, 3.05) is 59.0 Å². The fourth-order valence-electron chi connectivity index (χ4n) is 6.00. The summed E-state index contributed by atoms with van der Waals surface area (Å²) < 4.78 is 0. The van der Waals surface area contributed by atoms with E-state index in [1.165, 1.54) is 14.7 Å². The van der Waals surface area contributed by atoms with Crippen LogP contribution in [0.3, 0.4) is 0 Å². The number of nitrogens with one attached hydrogen (secondary N) is 3. The summed E-state index contributed by atoms with van der Waals surface area (Å²) in [6.07, 6.45) is -5.81. The largest absolute Gasteiger partial charge is 0.480 e. The van der Waals surface area contributed by atoms with Gasteiger partial charge in [0.05, 0.1) is 43.4 Å². The summed E-state index contributed by atoms with van der Waals surface area (Å²) in [4.78, 5) is 84.5. The molecule has 0 saturated heterocycles. The smallest absolute Gasteiger partial charge is 0.320 e. The van der Waals surface area contributed by atoms with Gasteiger partial charge in [-0.25, -0.2) is 0 Å². The number of pyridine rings is 1. The SMILES string of the molecule is O=C(CCC(C(=O)O)N1CCN(C(CCC(=O)NCC(O)CO)C(=O)O)CCN(C(CCC(=O)NCC(O)CO)C(=O)O)Cc2cccc(n2)C1)NCC(O)O. The van der Waals surface area contributed by atoms with Crippen LogP contribution in [0.2, 0.25) is 0 Å². The first-order chi connectivity index (χ1) is 26.5. The second-order valence-electron chi connectivity index (χ2n) is 13.3. The molecule has 0 saturated carbocycles. The van der Waals surface area contributed by atoms with Gasteiger partial charge in [-0.1, -0.05) is 6.07 Å². The quantitative estimate of drug-likeness (QED) is 0.0461. The Kier molecular flexibility index (Phi) is 21.3. The zero-order valence-corrected chi connectivity index (χ0v) is 31.0. The molecule has 5 atom stereocenters. The van der Waals surface area contributed by atoms with Crippen LogP contribution in [0, 0.1) is 0 Å². The van der Waals surface area contributed by atoms with Gasteiger partial charge in [0, 0.05) is 71.6 Å². The maximum Gasteiger partial charge on any atom is 0.320 e. The van der Waals surface area contributed by atoms with Crippen molar-refractivity contribution in [2.24, 2.45) is 0 Å². The Morgan fingerprint density at radius 3 is 1.25 bits per heavy atom. The molecule has 22 nitrogen and oxygen atoms in total. The Bertz CT molecular complexity index is 1440. The zero-order valence-electron chi connectivity index (χ0n) is 31.0. The number of fused-ring (bicyclic) bond motifs is 2. The van der Waals surface area contributed by atoms with Crippen LogP contribution in [-0.4, -0.2) is 197 Å². The second kappa shape index (κ2) is 25.0. The minimum Gasteiger partial charge on any atom is -0.480 e. The molecule has 316 valence electrons. The van der Waals surface area contributed by atoms with Crippen molar-refractivity contribution in [1.29, 1.82) is 0 Å². The minimum atomic E-state index is -1.81. The van der Waals surface area contributed by atoms with Crippen LogP contribution >= 0.6 is 0 Å².